The molecular weight excluding hydrogens is 349 g/mol. The number of nitrogens with one attached hydrogen (secondary N) is 1. The number of nitrogens with zero attached hydrogens (tertiary/aromatic N) is 2. The number of hydrogen-bond donors (Lipinski definition) is 1. The maximum Gasteiger partial charge on any atom is 0.419 e. The number of alkyl halides is 5. The van der Waals surface area contributed by atoms with Crippen molar-refractivity contribution < 1.29 is 35.2 Å². The molecule has 0 saturated carbocycles. The van der Waals surface area contributed by atoms with E-state index < -0.39 is 43.2 Å². The highest BCUT2D eigenvalue weighted by Crippen LogP contribution is 2.44. The normalized spacial score (nSPS) is 18.7. The minimum atomic E-state index is -5.52. The Hall–Kier alpha value is -1.69. The van der Waals surface area contributed by atoms with Gasteiger partial charge in [-0.25, -0.2) is 8.42 Å². The fraction of sp³-hybridized carbons (Fsp3) is 0.545. The molecule has 0 spiro atoms. The van der Waals surface area contributed by atoms with Gasteiger partial charge in [0.15, 0.2) is 10.7 Å². The highest BCUT2D eigenvalue weighted by molar-refractivity contribution is 7.95. The SMILES string of the molecule is Cn1cc(C(F)(F)F)c(C(F)(F)S(=O)(=O)C2=CC(C)(C)ON2)n1. The average Bonchev–Trinajstić information content (AvgIpc) is 2.92. The Morgan fingerprint density at radius 2 is 1.83 bits per heavy atom. The van der Waals surface area contributed by atoms with Gasteiger partial charge in [0, 0.05) is 13.2 Å². The third kappa shape index (κ3) is 2.92. The van der Waals surface area contributed by atoms with E-state index in [1.54, 1.807) is 5.48 Å². The van der Waals surface area contributed by atoms with Crippen molar-refractivity contribution in [3.05, 3.63) is 28.6 Å². The lowest BCUT2D eigenvalue weighted by atomic mass is 10.1. The number of halogens is 5. The molecule has 23 heavy (non-hydrogen) atoms. The molecule has 1 aliphatic rings. The number of rotatable bonds is 3. The Kier molecular flexibility index (Phi) is 3.76. The van der Waals surface area contributed by atoms with Gasteiger partial charge in [0.2, 0.25) is 0 Å². The van der Waals surface area contributed by atoms with Crippen LogP contribution in [-0.2, 0) is 33.2 Å². The van der Waals surface area contributed by atoms with E-state index >= 15 is 0 Å². The summed E-state index contributed by atoms with van der Waals surface area (Å²) < 4.78 is 91.8. The highest BCUT2D eigenvalue weighted by Gasteiger charge is 2.57. The highest BCUT2D eigenvalue weighted by atomic mass is 32.2. The molecule has 0 aromatic carbocycles. The van der Waals surface area contributed by atoms with Crippen LogP contribution in [0.5, 0.6) is 0 Å². The van der Waals surface area contributed by atoms with Crippen molar-refractivity contribution in [3.63, 3.8) is 0 Å². The summed E-state index contributed by atoms with van der Waals surface area (Å²) in [6.07, 6.45) is -4.06. The number of hydrogen-bond acceptors (Lipinski definition) is 5. The van der Waals surface area contributed by atoms with Crippen molar-refractivity contribution in [3.8, 4) is 0 Å². The first kappa shape index (κ1) is 17.7. The van der Waals surface area contributed by atoms with Gasteiger partial charge in [0.25, 0.3) is 9.84 Å². The first-order valence-corrected chi connectivity index (χ1v) is 7.57. The summed E-state index contributed by atoms with van der Waals surface area (Å²) in [5.74, 6) is 0. The molecule has 12 heteroatoms. The summed E-state index contributed by atoms with van der Waals surface area (Å²) in [4.78, 5) is 4.77. The van der Waals surface area contributed by atoms with Crippen LogP contribution in [-0.4, -0.2) is 23.8 Å². The zero-order chi connectivity index (χ0) is 17.8. The van der Waals surface area contributed by atoms with Gasteiger partial charge in [-0.3, -0.25) is 15.0 Å². The molecule has 0 unspecified atom stereocenters. The summed E-state index contributed by atoms with van der Waals surface area (Å²) in [5, 5.41) is -2.93. The van der Waals surface area contributed by atoms with Gasteiger partial charge in [-0.05, 0) is 19.9 Å². The van der Waals surface area contributed by atoms with E-state index in [-0.39, 0.29) is 6.20 Å². The van der Waals surface area contributed by atoms with Crippen LogP contribution in [0.1, 0.15) is 25.1 Å². The summed E-state index contributed by atoms with van der Waals surface area (Å²) in [7, 11) is -4.54. The van der Waals surface area contributed by atoms with E-state index in [1.165, 1.54) is 13.8 Å². The quantitative estimate of drug-likeness (QED) is 0.835. The minimum absolute atomic E-state index is 0.287. The van der Waals surface area contributed by atoms with Crippen molar-refractivity contribution in [2.45, 2.75) is 30.9 Å². The number of aryl methyl sites for hydroxylation is 1. The molecule has 0 atom stereocenters. The fourth-order valence-corrected chi connectivity index (χ4v) is 3.14. The fourth-order valence-electron chi connectivity index (χ4n) is 1.87. The molecule has 2 heterocycles. The molecule has 0 amide bonds. The molecule has 2 rings (SSSR count). The molecular formula is C11H12F5N3O3S. The monoisotopic (exact) mass is 361 g/mol. The lowest BCUT2D eigenvalue weighted by Gasteiger charge is -2.17. The van der Waals surface area contributed by atoms with E-state index in [0.29, 0.717) is 4.68 Å². The van der Waals surface area contributed by atoms with Crippen molar-refractivity contribution >= 4 is 9.84 Å². The van der Waals surface area contributed by atoms with E-state index in [2.05, 4.69) is 5.10 Å². The van der Waals surface area contributed by atoms with Gasteiger partial charge in [0.05, 0.1) is 0 Å². The maximum absolute atomic E-state index is 14.3. The topological polar surface area (TPSA) is 73.2 Å². The third-order valence-electron chi connectivity index (χ3n) is 2.93. The summed E-state index contributed by atoms with van der Waals surface area (Å²) in [6, 6.07) is 0. The summed E-state index contributed by atoms with van der Waals surface area (Å²) in [6.45, 7) is 2.76. The average molecular weight is 361 g/mol. The van der Waals surface area contributed by atoms with Gasteiger partial charge < -0.3 is 0 Å². The molecule has 1 N–H and O–H groups in total. The van der Waals surface area contributed by atoms with E-state index in [1.807, 2.05) is 0 Å². The Balaban J connectivity index is 2.60. The Morgan fingerprint density at radius 1 is 1.26 bits per heavy atom. The Labute approximate surface area is 127 Å². The van der Waals surface area contributed by atoms with Crippen LogP contribution in [0.25, 0.3) is 0 Å². The molecule has 0 radical (unpaired) electrons. The molecule has 0 bridgehead atoms. The van der Waals surface area contributed by atoms with Gasteiger partial charge >= 0.3 is 11.4 Å². The maximum atomic E-state index is 14.3. The first-order valence-electron chi connectivity index (χ1n) is 6.09. The van der Waals surface area contributed by atoms with E-state index in [9.17, 15) is 30.4 Å². The first-order chi connectivity index (χ1) is 10.2. The van der Waals surface area contributed by atoms with Gasteiger partial charge in [0.1, 0.15) is 11.2 Å². The molecule has 1 aromatic rings. The van der Waals surface area contributed by atoms with Crippen LogP contribution in [0.15, 0.2) is 17.3 Å². The summed E-state index contributed by atoms with van der Waals surface area (Å²) in [5.41, 5.74) is -3.12. The molecule has 0 fully saturated rings. The zero-order valence-electron chi connectivity index (χ0n) is 12.1. The predicted octanol–water partition coefficient (Wildman–Crippen LogP) is 2.06. The van der Waals surface area contributed by atoms with Crippen LogP contribution in [0.3, 0.4) is 0 Å². The number of hydroxylamine groups is 1. The predicted molar refractivity (Wildman–Crippen MR) is 67.4 cm³/mol. The third-order valence-corrected chi connectivity index (χ3v) is 4.58. The standard InChI is InChI=1S/C11H12F5N3O3S/c1-9(2)4-7(18-22-9)23(20,21)11(15,16)8-6(10(12,13)14)5-19(3)17-8/h4-5,18H,1-3H3. The van der Waals surface area contributed by atoms with Gasteiger partial charge in [-0.15, -0.1) is 0 Å². The zero-order valence-corrected chi connectivity index (χ0v) is 12.9. The van der Waals surface area contributed by atoms with Crippen LogP contribution >= 0.6 is 0 Å². The van der Waals surface area contributed by atoms with Crippen LogP contribution < -0.4 is 5.48 Å². The Bertz CT molecular complexity index is 764. The smallest absolute Gasteiger partial charge is 0.275 e. The van der Waals surface area contributed by atoms with Gasteiger partial charge in [-0.2, -0.15) is 27.1 Å². The van der Waals surface area contributed by atoms with Crippen molar-refractivity contribution in [1.29, 1.82) is 0 Å². The number of aromatic nitrogens is 2. The molecule has 6 nitrogen and oxygen atoms in total. The lowest BCUT2D eigenvalue weighted by molar-refractivity contribution is -0.140. The molecule has 0 aliphatic carbocycles. The lowest BCUT2D eigenvalue weighted by Crippen LogP contribution is -2.33. The molecule has 1 aliphatic heterocycles. The van der Waals surface area contributed by atoms with Crippen LogP contribution in [0.4, 0.5) is 22.0 Å². The van der Waals surface area contributed by atoms with Crippen molar-refractivity contribution in [2.75, 3.05) is 0 Å². The second-order valence-corrected chi connectivity index (χ2v) is 7.36. The molecule has 130 valence electrons. The van der Waals surface area contributed by atoms with E-state index in [0.717, 1.165) is 13.1 Å². The largest absolute Gasteiger partial charge is 0.419 e. The second-order valence-electron chi connectivity index (χ2n) is 5.40. The summed E-state index contributed by atoms with van der Waals surface area (Å²) >= 11 is 0. The molecule has 0 saturated heterocycles. The molecule has 1 aromatic heterocycles. The van der Waals surface area contributed by atoms with E-state index in [4.69, 9.17) is 4.84 Å². The van der Waals surface area contributed by atoms with Crippen LogP contribution in [0, 0.1) is 0 Å². The Morgan fingerprint density at radius 3 is 2.26 bits per heavy atom. The van der Waals surface area contributed by atoms with Crippen LogP contribution in [0.2, 0.25) is 0 Å². The van der Waals surface area contributed by atoms with Crippen molar-refractivity contribution in [2.24, 2.45) is 7.05 Å². The van der Waals surface area contributed by atoms with Crippen molar-refractivity contribution in [1.82, 2.24) is 15.3 Å². The second kappa shape index (κ2) is 4.90. The number of sulfone groups is 1. The minimum Gasteiger partial charge on any atom is -0.275 e. The van der Waals surface area contributed by atoms with Gasteiger partial charge in [-0.1, -0.05) is 0 Å².